The number of H-pyrrole nitrogens is 1. The van der Waals surface area contributed by atoms with Crippen molar-refractivity contribution < 1.29 is 14.7 Å². The van der Waals surface area contributed by atoms with Crippen molar-refractivity contribution in [2.24, 2.45) is 0 Å². The lowest BCUT2D eigenvalue weighted by Crippen LogP contribution is -2.18. The SMILES string of the molecule is O=C(CCCOc1ccc(-c2nc3ccccc3[nH]2)cc1)NO. The van der Waals surface area contributed by atoms with Gasteiger partial charge in [-0.1, -0.05) is 12.1 Å². The Morgan fingerprint density at radius 3 is 2.70 bits per heavy atom. The fourth-order valence-electron chi connectivity index (χ4n) is 2.28. The summed E-state index contributed by atoms with van der Waals surface area (Å²) in [7, 11) is 0. The standard InChI is InChI=1S/C17H17N3O3/c21-16(20-22)6-3-11-23-13-9-7-12(8-10-13)17-18-14-4-1-2-5-15(14)19-17/h1-2,4-5,7-10,22H,3,6,11H2,(H,18,19)(H,20,21). The van der Waals surface area contributed by atoms with Crippen molar-refractivity contribution in [2.75, 3.05) is 6.61 Å². The summed E-state index contributed by atoms with van der Waals surface area (Å²) in [5, 5.41) is 8.39. The number of aromatic nitrogens is 2. The van der Waals surface area contributed by atoms with Crippen molar-refractivity contribution in [2.45, 2.75) is 12.8 Å². The number of carbonyl (C=O) groups excluding carboxylic acids is 1. The van der Waals surface area contributed by atoms with Gasteiger partial charge in [0, 0.05) is 12.0 Å². The minimum Gasteiger partial charge on any atom is -0.494 e. The van der Waals surface area contributed by atoms with Gasteiger partial charge in [-0.15, -0.1) is 0 Å². The van der Waals surface area contributed by atoms with Gasteiger partial charge in [-0.2, -0.15) is 0 Å². The second kappa shape index (κ2) is 6.93. The number of hydrogen-bond donors (Lipinski definition) is 3. The number of nitrogens with zero attached hydrogens (tertiary/aromatic N) is 1. The predicted molar refractivity (Wildman–Crippen MR) is 86.2 cm³/mol. The van der Waals surface area contributed by atoms with Crippen molar-refractivity contribution in [3.63, 3.8) is 0 Å². The topological polar surface area (TPSA) is 87.2 Å². The second-order valence-electron chi connectivity index (χ2n) is 5.11. The van der Waals surface area contributed by atoms with E-state index < -0.39 is 5.91 Å². The van der Waals surface area contributed by atoms with Crippen LogP contribution in [0.15, 0.2) is 48.5 Å². The summed E-state index contributed by atoms with van der Waals surface area (Å²) in [6.45, 7) is 0.414. The minimum absolute atomic E-state index is 0.230. The fraction of sp³-hybridized carbons (Fsp3) is 0.176. The molecule has 1 heterocycles. The maximum absolute atomic E-state index is 10.9. The van der Waals surface area contributed by atoms with E-state index in [4.69, 9.17) is 9.94 Å². The first-order chi connectivity index (χ1) is 11.3. The maximum atomic E-state index is 10.9. The summed E-state index contributed by atoms with van der Waals surface area (Å²) in [4.78, 5) is 18.7. The van der Waals surface area contributed by atoms with Crippen LogP contribution in [0.4, 0.5) is 0 Å². The summed E-state index contributed by atoms with van der Waals surface area (Å²) in [6.07, 6.45) is 0.769. The highest BCUT2D eigenvalue weighted by Crippen LogP contribution is 2.22. The molecule has 0 radical (unpaired) electrons. The molecule has 0 unspecified atom stereocenters. The molecule has 0 spiro atoms. The molecule has 0 saturated carbocycles. The highest BCUT2D eigenvalue weighted by atomic mass is 16.5. The number of benzene rings is 2. The Labute approximate surface area is 133 Å². The van der Waals surface area contributed by atoms with Crippen molar-refractivity contribution in [3.8, 4) is 17.1 Å². The van der Waals surface area contributed by atoms with Crippen molar-refractivity contribution in [1.29, 1.82) is 0 Å². The van der Waals surface area contributed by atoms with Crippen molar-refractivity contribution >= 4 is 16.9 Å². The van der Waals surface area contributed by atoms with Crippen LogP contribution in [0.2, 0.25) is 0 Å². The molecule has 2 aromatic carbocycles. The summed E-state index contributed by atoms with van der Waals surface area (Å²) in [5.74, 6) is 1.14. The normalized spacial score (nSPS) is 10.7. The number of ether oxygens (including phenoxy) is 1. The smallest absolute Gasteiger partial charge is 0.243 e. The average molecular weight is 311 g/mol. The van der Waals surface area contributed by atoms with Gasteiger partial charge in [-0.25, -0.2) is 10.5 Å². The van der Waals surface area contributed by atoms with Gasteiger partial charge in [0.1, 0.15) is 11.6 Å². The molecule has 0 saturated heterocycles. The first-order valence-electron chi connectivity index (χ1n) is 7.37. The van der Waals surface area contributed by atoms with E-state index in [0.717, 1.165) is 28.2 Å². The minimum atomic E-state index is -0.408. The van der Waals surface area contributed by atoms with E-state index in [9.17, 15) is 4.79 Å². The van der Waals surface area contributed by atoms with Gasteiger partial charge in [-0.05, 0) is 42.8 Å². The first kappa shape index (κ1) is 15.1. The second-order valence-corrected chi connectivity index (χ2v) is 5.11. The molecule has 0 aliphatic rings. The molecule has 0 aliphatic heterocycles. The molecule has 118 valence electrons. The number of aromatic amines is 1. The van der Waals surface area contributed by atoms with Crippen LogP contribution in [-0.2, 0) is 4.79 Å². The van der Waals surface area contributed by atoms with E-state index in [1.54, 1.807) is 5.48 Å². The zero-order chi connectivity index (χ0) is 16.1. The van der Waals surface area contributed by atoms with E-state index in [1.165, 1.54) is 0 Å². The molecule has 3 N–H and O–H groups in total. The van der Waals surface area contributed by atoms with Crippen LogP contribution in [0, 0.1) is 0 Å². The number of imidazole rings is 1. The van der Waals surface area contributed by atoms with Crippen LogP contribution in [0.5, 0.6) is 5.75 Å². The number of rotatable bonds is 6. The molecule has 23 heavy (non-hydrogen) atoms. The van der Waals surface area contributed by atoms with Crippen LogP contribution in [0.1, 0.15) is 12.8 Å². The maximum Gasteiger partial charge on any atom is 0.243 e. The molecule has 0 aliphatic carbocycles. The molecule has 1 aromatic heterocycles. The lowest BCUT2D eigenvalue weighted by molar-refractivity contribution is -0.129. The highest BCUT2D eigenvalue weighted by Gasteiger charge is 2.05. The van der Waals surface area contributed by atoms with E-state index in [2.05, 4.69) is 9.97 Å². The van der Waals surface area contributed by atoms with Crippen LogP contribution < -0.4 is 10.2 Å². The number of nitrogens with one attached hydrogen (secondary N) is 2. The molecule has 0 atom stereocenters. The van der Waals surface area contributed by atoms with E-state index in [-0.39, 0.29) is 6.42 Å². The summed E-state index contributed by atoms with van der Waals surface area (Å²) in [6, 6.07) is 15.5. The van der Waals surface area contributed by atoms with Gasteiger partial charge in [0.05, 0.1) is 17.6 Å². The molecule has 6 nitrogen and oxygen atoms in total. The zero-order valence-corrected chi connectivity index (χ0v) is 12.5. The molecule has 0 fully saturated rings. The zero-order valence-electron chi connectivity index (χ0n) is 12.5. The number of para-hydroxylation sites is 2. The highest BCUT2D eigenvalue weighted by molar-refractivity contribution is 5.79. The molecule has 0 bridgehead atoms. The number of carbonyl (C=O) groups is 1. The van der Waals surface area contributed by atoms with Crippen LogP contribution in [0.3, 0.4) is 0 Å². The Bertz CT molecular complexity index is 763. The van der Waals surface area contributed by atoms with Crippen LogP contribution in [-0.4, -0.2) is 27.7 Å². The predicted octanol–water partition coefficient (Wildman–Crippen LogP) is 2.89. The third-order valence-corrected chi connectivity index (χ3v) is 3.46. The Hall–Kier alpha value is -2.86. The fourth-order valence-corrected chi connectivity index (χ4v) is 2.28. The van der Waals surface area contributed by atoms with E-state index in [1.807, 2.05) is 48.5 Å². The third-order valence-electron chi connectivity index (χ3n) is 3.46. The summed E-state index contributed by atoms with van der Waals surface area (Å²) in [5.41, 5.74) is 4.51. The number of amides is 1. The Morgan fingerprint density at radius 2 is 1.96 bits per heavy atom. The van der Waals surface area contributed by atoms with Gasteiger partial charge in [0.2, 0.25) is 5.91 Å². The van der Waals surface area contributed by atoms with Crippen LogP contribution >= 0.6 is 0 Å². The molecular weight excluding hydrogens is 294 g/mol. The third kappa shape index (κ3) is 3.67. The average Bonchev–Trinajstić information content (AvgIpc) is 3.03. The number of hydroxylamine groups is 1. The summed E-state index contributed by atoms with van der Waals surface area (Å²) < 4.78 is 5.56. The Kier molecular flexibility index (Phi) is 4.54. The van der Waals surface area contributed by atoms with Gasteiger partial charge >= 0.3 is 0 Å². The largest absolute Gasteiger partial charge is 0.494 e. The van der Waals surface area contributed by atoms with Gasteiger partial charge in [-0.3, -0.25) is 10.0 Å². The molecular formula is C17H17N3O3. The van der Waals surface area contributed by atoms with Gasteiger partial charge in [0.25, 0.3) is 0 Å². The Morgan fingerprint density at radius 1 is 1.17 bits per heavy atom. The van der Waals surface area contributed by atoms with E-state index >= 15 is 0 Å². The lowest BCUT2D eigenvalue weighted by Gasteiger charge is -2.06. The molecule has 6 heteroatoms. The number of fused-ring (bicyclic) bond motifs is 1. The molecule has 1 amide bonds. The molecule has 3 aromatic rings. The van der Waals surface area contributed by atoms with Crippen molar-refractivity contribution in [1.82, 2.24) is 15.4 Å². The monoisotopic (exact) mass is 311 g/mol. The van der Waals surface area contributed by atoms with Gasteiger partial charge in [0.15, 0.2) is 0 Å². The van der Waals surface area contributed by atoms with Crippen molar-refractivity contribution in [3.05, 3.63) is 48.5 Å². The van der Waals surface area contributed by atoms with Gasteiger partial charge < -0.3 is 9.72 Å². The number of hydrogen-bond acceptors (Lipinski definition) is 4. The van der Waals surface area contributed by atoms with E-state index in [0.29, 0.717) is 13.0 Å². The van der Waals surface area contributed by atoms with Crippen LogP contribution in [0.25, 0.3) is 22.4 Å². The lowest BCUT2D eigenvalue weighted by atomic mass is 10.2. The molecule has 3 rings (SSSR count). The summed E-state index contributed by atoms with van der Waals surface area (Å²) >= 11 is 0. The Balaban J connectivity index is 1.61. The first-order valence-corrected chi connectivity index (χ1v) is 7.37. The quantitative estimate of drug-likeness (QED) is 0.371.